The van der Waals surface area contributed by atoms with Crippen molar-refractivity contribution >= 4 is 38.9 Å². The van der Waals surface area contributed by atoms with E-state index < -0.39 is 6.04 Å². The van der Waals surface area contributed by atoms with E-state index in [1.165, 1.54) is 12.1 Å². The van der Waals surface area contributed by atoms with Crippen molar-refractivity contribution in [3.63, 3.8) is 0 Å². The van der Waals surface area contributed by atoms with Gasteiger partial charge >= 0.3 is 0 Å². The van der Waals surface area contributed by atoms with Crippen molar-refractivity contribution in [3.05, 3.63) is 54.9 Å². The summed E-state index contributed by atoms with van der Waals surface area (Å²) in [7, 11) is 0. The monoisotopic (exact) mass is 333 g/mol. The Labute approximate surface area is 117 Å². The molecule has 17 heavy (non-hydrogen) atoms. The lowest BCUT2D eigenvalue weighted by molar-refractivity contribution is 0.601. The van der Waals surface area contributed by atoms with Crippen molar-refractivity contribution < 1.29 is 4.39 Å². The van der Waals surface area contributed by atoms with Crippen LogP contribution in [0, 0.1) is 12.7 Å². The highest BCUT2D eigenvalue weighted by Gasteiger charge is 2.17. The molecule has 1 aromatic heterocycles. The quantitative estimate of drug-likeness (QED) is 0.849. The van der Waals surface area contributed by atoms with E-state index in [0.717, 1.165) is 14.2 Å². The van der Waals surface area contributed by atoms with Crippen LogP contribution < -0.4 is 5.73 Å². The standard InChI is InChI=1S/C12H10BrClFNS/c1-6-9(13)5-11(17-6)12(16)8-4-7(14)2-3-10(8)15/h2-5,12H,16H2,1H3. The molecule has 2 N–H and O–H groups in total. The van der Waals surface area contributed by atoms with Gasteiger partial charge in [-0.2, -0.15) is 0 Å². The molecule has 1 aromatic carbocycles. The van der Waals surface area contributed by atoms with Gasteiger partial charge in [0.2, 0.25) is 0 Å². The maximum atomic E-state index is 13.7. The highest BCUT2D eigenvalue weighted by molar-refractivity contribution is 9.10. The van der Waals surface area contributed by atoms with E-state index in [9.17, 15) is 4.39 Å². The van der Waals surface area contributed by atoms with E-state index in [1.807, 2.05) is 13.0 Å². The molecule has 2 aromatic rings. The third kappa shape index (κ3) is 2.71. The molecule has 0 spiro atoms. The largest absolute Gasteiger partial charge is 0.320 e. The lowest BCUT2D eigenvalue weighted by Crippen LogP contribution is -2.12. The molecule has 0 saturated carbocycles. The van der Waals surface area contributed by atoms with Crippen LogP contribution in [0.1, 0.15) is 21.4 Å². The lowest BCUT2D eigenvalue weighted by atomic mass is 10.1. The summed E-state index contributed by atoms with van der Waals surface area (Å²) in [6.45, 7) is 1.99. The second-order valence-electron chi connectivity index (χ2n) is 3.70. The summed E-state index contributed by atoms with van der Waals surface area (Å²) in [6.07, 6.45) is 0. The molecule has 1 nitrogen and oxygen atoms in total. The van der Waals surface area contributed by atoms with E-state index in [1.54, 1.807) is 17.4 Å². The summed E-state index contributed by atoms with van der Waals surface area (Å²) in [6, 6.07) is 5.87. The number of aryl methyl sites for hydroxylation is 1. The van der Waals surface area contributed by atoms with Gasteiger partial charge in [0.05, 0.1) is 6.04 Å². The smallest absolute Gasteiger partial charge is 0.128 e. The Morgan fingerprint density at radius 1 is 1.41 bits per heavy atom. The van der Waals surface area contributed by atoms with Crippen molar-refractivity contribution in [1.82, 2.24) is 0 Å². The van der Waals surface area contributed by atoms with Crippen molar-refractivity contribution in [3.8, 4) is 0 Å². The lowest BCUT2D eigenvalue weighted by Gasteiger charge is -2.11. The molecule has 2 rings (SSSR count). The van der Waals surface area contributed by atoms with Crippen LogP contribution in [-0.2, 0) is 0 Å². The molecule has 1 heterocycles. The molecule has 1 unspecified atom stereocenters. The zero-order chi connectivity index (χ0) is 12.6. The zero-order valence-electron chi connectivity index (χ0n) is 9.01. The fourth-order valence-electron chi connectivity index (χ4n) is 1.54. The predicted octanol–water partition coefficient (Wildman–Crippen LogP) is 4.66. The molecule has 0 aliphatic rings. The van der Waals surface area contributed by atoms with Gasteiger partial charge in [-0.05, 0) is 47.1 Å². The highest BCUT2D eigenvalue weighted by Crippen LogP contribution is 2.33. The number of hydrogen-bond acceptors (Lipinski definition) is 2. The molecule has 0 bridgehead atoms. The Balaban J connectivity index is 2.42. The summed E-state index contributed by atoms with van der Waals surface area (Å²) < 4.78 is 14.7. The number of rotatable bonds is 2. The molecule has 0 radical (unpaired) electrons. The Bertz CT molecular complexity index is 536. The van der Waals surface area contributed by atoms with Gasteiger partial charge in [-0.15, -0.1) is 11.3 Å². The minimum absolute atomic E-state index is 0.330. The minimum atomic E-state index is -0.483. The SMILES string of the molecule is Cc1sc(C(N)c2cc(Cl)ccc2F)cc1Br. The van der Waals surface area contributed by atoms with Crippen LogP contribution in [0.3, 0.4) is 0 Å². The molecule has 0 aliphatic heterocycles. The summed E-state index contributed by atoms with van der Waals surface area (Å²) in [5.41, 5.74) is 6.48. The molecule has 0 fully saturated rings. The third-order valence-corrected chi connectivity index (χ3v) is 4.93. The summed E-state index contributed by atoms with van der Waals surface area (Å²) in [5.74, 6) is -0.330. The summed E-state index contributed by atoms with van der Waals surface area (Å²) in [4.78, 5) is 2.04. The van der Waals surface area contributed by atoms with Crippen LogP contribution in [0.2, 0.25) is 5.02 Å². The Morgan fingerprint density at radius 2 is 2.12 bits per heavy atom. The summed E-state index contributed by atoms with van der Waals surface area (Å²) in [5, 5.41) is 0.490. The van der Waals surface area contributed by atoms with Crippen molar-refractivity contribution in [2.75, 3.05) is 0 Å². The fraction of sp³-hybridized carbons (Fsp3) is 0.167. The second-order valence-corrected chi connectivity index (χ2v) is 6.28. The van der Waals surface area contributed by atoms with E-state index >= 15 is 0 Å². The molecule has 1 atom stereocenters. The van der Waals surface area contributed by atoms with Crippen molar-refractivity contribution in [2.24, 2.45) is 5.73 Å². The molecule has 0 aliphatic carbocycles. The van der Waals surface area contributed by atoms with Gasteiger partial charge in [0.25, 0.3) is 0 Å². The summed E-state index contributed by atoms with van der Waals surface area (Å²) >= 11 is 10.8. The minimum Gasteiger partial charge on any atom is -0.320 e. The van der Waals surface area contributed by atoms with Gasteiger partial charge in [0.1, 0.15) is 5.82 Å². The van der Waals surface area contributed by atoms with Crippen LogP contribution in [0.4, 0.5) is 4.39 Å². The van der Waals surface area contributed by atoms with Crippen molar-refractivity contribution in [2.45, 2.75) is 13.0 Å². The molecule has 90 valence electrons. The first kappa shape index (κ1) is 13.0. The fourth-order valence-corrected chi connectivity index (χ4v) is 3.30. The van der Waals surface area contributed by atoms with Crippen LogP contribution in [-0.4, -0.2) is 0 Å². The first-order valence-corrected chi connectivity index (χ1v) is 6.94. The van der Waals surface area contributed by atoms with E-state index in [0.29, 0.717) is 10.6 Å². The van der Waals surface area contributed by atoms with Gasteiger partial charge < -0.3 is 5.73 Å². The van der Waals surface area contributed by atoms with Crippen LogP contribution in [0.25, 0.3) is 0 Å². The third-order valence-electron chi connectivity index (χ3n) is 2.48. The maximum Gasteiger partial charge on any atom is 0.128 e. The van der Waals surface area contributed by atoms with E-state index in [2.05, 4.69) is 15.9 Å². The van der Waals surface area contributed by atoms with Crippen molar-refractivity contribution in [1.29, 1.82) is 0 Å². The number of hydrogen-bond donors (Lipinski definition) is 1. The number of thiophene rings is 1. The highest BCUT2D eigenvalue weighted by atomic mass is 79.9. The first-order chi connectivity index (χ1) is 7.99. The number of benzene rings is 1. The van der Waals surface area contributed by atoms with Gasteiger partial charge in [0, 0.05) is 24.8 Å². The topological polar surface area (TPSA) is 26.0 Å². The predicted molar refractivity (Wildman–Crippen MR) is 74.2 cm³/mol. The Morgan fingerprint density at radius 3 is 2.71 bits per heavy atom. The zero-order valence-corrected chi connectivity index (χ0v) is 12.2. The average molecular weight is 335 g/mol. The number of halogens is 3. The van der Waals surface area contributed by atoms with E-state index in [-0.39, 0.29) is 5.82 Å². The first-order valence-electron chi connectivity index (χ1n) is 4.95. The van der Waals surface area contributed by atoms with Gasteiger partial charge in [-0.3, -0.25) is 0 Å². The van der Waals surface area contributed by atoms with Crippen LogP contribution in [0.5, 0.6) is 0 Å². The molecular weight excluding hydrogens is 325 g/mol. The van der Waals surface area contributed by atoms with E-state index in [4.69, 9.17) is 17.3 Å². The Kier molecular flexibility index (Phi) is 3.88. The number of nitrogens with two attached hydrogens (primary N) is 1. The average Bonchev–Trinajstić information content (AvgIpc) is 2.62. The van der Waals surface area contributed by atoms with Gasteiger partial charge in [0.15, 0.2) is 0 Å². The molecule has 5 heteroatoms. The molecule has 0 saturated heterocycles. The Hall–Kier alpha value is -0.420. The van der Waals surface area contributed by atoms with Gasteiger partial charge in [-0.25, -0.2) is 4.39 Å². The van der Waals surface area contributed by atoms with Crippen LogP contribution in [0.15, 0.2) is 28.7 Å². The molecular formula is C12H10BrClFNS. The maximum absolute atomic E-state index is 13.7. The second kappa shape index (κ2) is 5.06. The van der Waals surface area contributed by atoms with Gasteiger partial charge in [-0.1, -0.05) is 11.6 Å². The normalized spacial score (nSPS) is 12.8. The van der Waals surface area contributed by atoms with Crippen LogP contribution >= 0.6 is 38.9 Å². The molecule has 0 amide bonds.